The Kier molecular flexibility index (Phi) is 7.32. The average Bonchev–Trinajstić information content (AvgIpc) is 2.65. The summed E-state index contributed by atoms with van der Waals surface area (Å²) in [5.41, 5.74) is -1.91. The molecule has 32 heavy (non-hydrogen) atoms. The number of nitro benzene ring substituents is 2. The molecule has 170 valence electrons. The van der Waals surface area contributed by atoms with Crippen molar-refractivity contribution >= 4 is 46.0 Å². The number of hydrogen-bond donors (Lipinski definition) is 0. The molecule has 0 heterocycles. The monoisotopic (exact) mass is 488 g/mol. The number of anilines is 2. The number of benzene rings is 2. The molecule has 0 amide bonds. The molecule has 0 saturated carbocycles. The summed E-state index contributed by atoms with van der Waals surface area (Å²) in [5, 5.41) is 44.4. The fourth-order valence-corrected chi connectivity index (χ4v) is 3.68. The highest BCUT2D eigenvalue weighted by atomic mass is 35.5. The van der Waals surface area contributed by atoms with Crippen LogP contribution in [-0.4, -0.2) is 33.0 Å². The Morgan fingerprint density at radius 3 is 1.69 bits per heavy atom. The van der Waals surface area contributed by atoms with Gasteiger partial charge in [-0.1, -0.05) is 33.2 Å². The zero-order chi connectivity index (χ0) is 24.3. The van der Waals surface area contributed by atoms with Crippen molar-refractivity contribution in [2.45, 2.75) is 13.8 Å². The van der Waals surface area contributed by atoms with Crippen molar-refractivity contribution in [2.75, 3.05) is 23.1 Å². The molecular formula is C16H14Cl2N6O8. The van der Waals surface area contributed by atoms with Gasteiger partial charge in [-0.2, -0.15) is 0 Å². The molecule has 2 aromatic carbocycles. The molecule has 0 aromatic heterocycles. The standard InChI is InChI=1S/C16H14Cl2N6O8/c1-9-5-12(18)16(13(6-9)21(25)26)20(24(31)32)4-3-19(23(29)30)15-10(2)7-11(17)8-14(15)22(27)28/h5-8H,3-4H2,1-2H3. The van der Waals surface area contributed by atoms with Gasteiger partial charge in [-0.15, -0.1) is 0 Å². The van der Waals surface area contributed by atoms with Crippen LogP contribution >= 0.6 is 23.2 Å². The number of rotatable bonds is 9. The van der Waals surface area contributed by atoms with E-state index >= 15 is 0 Å². The molecule has 2 rings (SSSR count). The molecule has 14 nitrogen and oxygen atoms in total. The van der Waals surface area contributed by atoms with Crippen LogP contribution in [0.25, 0.3) is 0 Å². The Morgan fingerprint density at radius 1 is 0.750 bits per heavy atom. The lowest BCUT2D eigenvalue weighted by molar-refractivity contribution is -0.506. The van der Waals surface area contributed by atoms with Gasteiger partial charge in [-0.25, -0.2) is 20.2 Å². The van der Waals surface area contributed by atoms with Crippen LogP contribution in [0.4, 0.5) is 22.7 Å². The van der Waals surface area contributed by atoms with E-state index in [2.05, 4.69) is 0 Å². The van der Waals surface area contributed by atoms with Gasteiger partial charge < -0.3 is 0 Å². The summed E-state index contributed by atoms with van der Waals surface area (Å²) in [6.45, 7) is 1.32. The van der Waals surface area contributed by atoms with Gasteiger partial charge in [0, 0.05) is 17.2 Å². The molecule has 0 aliphatic carbocycles. The third kappa shape index (κ3) is 5.09. The summed E-state index contributed by atoms with van der Waals surface area (Å²) >= 11 is 11.8. The van der Waals surface area contributed by atoms with E-state index in [1.54, 1.807) is 0 Å². The highest BCUT2D eigenvalue weighted by Gasteiger charge is 2.35. The van der Waals surface area contributed by atoms with Crippen LogP contribution in [0.15, 0.2) is 24.3 Å². The Balaban J connectivity index is 2.54. The van der Waals surface area contributed by atoms with E-state index < -0.39 is 55.8 Å². The fourth-order valence-electron chi connectivity index (χ4n) is 3.04. The van der Waals surface area contributed by atoms with Crippen molar-refractivity contribution in [1.29, 1.82) is 0 Å². The number of hydrazine groups is 2. The zero-order valence-electron chi connectivity index (χ0n) is 16.4. The van der Waals surface area contributed by atoms with Crippen molar-refractivity contribution in [3.63, 3.8) is 0 Å². The van der Waals surface area contributed by atoms with Crippen molar-refractivity contribution in [3.05, 3.63) is 85.9 Å². The van der Waals surface area contributed by atoms with E-state index in [9.17, 15) is 40.5 Å². The molecule has 0 spiro atoms. The summed E-state index contributed by atoms with van der Waals surface area (Å²) in [7, 11) is 0. The van der Waals surface area contributed by atoms with Crippen molar-refractivity contribution < 1.29 is 19.9 Å². The minimum absolute atomic E-state index is 0.0322. The summed E-state index contributed by atoms with van der Waals surface area (Å²) in [5.74, 6) is 0. The van der Waals surface area contributed by atoms with Crippen LogP contribution in [-0.2, 0) is 0 Å². The molecule has 0 aliphatic heterocycles. The van der Waals surface area contributed by atoms with Crippen LogP contribution in [0.2, 0.25) is 10.0 Å². The van der Waals surface area contributed by atoms with E-state index in [1.807, 2.05) is 0 Å². The van der Waals surface area contributed by atoms with E-state index in [0.717, 1.165) is 12.1 Å². The average molecular weight is 489 g/mol. The van der Waals surface area contributed by atoms with E-state index in [4.69, 9.17) is 23.2 Å². The first-order valence-corrected chi connectivity index (χ1v) is 9.33. The topological polar surface area (TPSA) is 179 Å². The van der Waals surface area contributed by atoms with Gasteiger partial charge in [0.2, 0.25) is 5.69 Å². The quantitative estimate of drug-likeness (QED) is 0.367. The van der Waals surface area contributed by atoms with Crippen molar-refractivity contribution in [1.82, 2.24) is 0 Å². The third-order valence-corrected chi connectivity index (χ3v) is 4.77. The highest BCUT2D eigenvalue weighted by molar-refractivity contribution is 6.33. The fraction of sp³-hybridized carbons (Fsp3) is 0.250. The second-order valence-corrected chi connectivity index (χ2v) is 7.28. The Labute approximate surface area is 189 Å². The van der Waals surface area contributed by atoms with Gasteiger partial charge in [0.1, 0.15) is 13.1 Å². The van der Waals surface area contributed by atoms with Gasteiger partial charge in [0.15, 0.2) is 15.8 Å². The van der Waals surface area contributed by atoms with Crippen molar-refractivity contribution in [3.8, 4) is 0 Å². The maximum Gasteiger partial charge on any atom is 0.300 e. The minimum Gasteiger partial charge on any atom is -0.258 e. The van der Waals surface area contributed by atoms with Crippen LogP contribution < -0.4 is 10.0 Å². The molecule has 0 atom stereocenters. The zero-order valence-corrected chi connectivity index (χ0v) is 17.9. The lowest BCUT2D eigenvalue weighted by Crippen LogP contribution is -2.41. The molecule has 2 aromatic rings. The molecule has 0 N–H and O–H groups in total. The van der Waals surface area contributed by atoms with Gasteiger partial charge >= 0.3 is 0 Å². The van der Waals surface area contributed by atoms with Crippen LogP contribution in [0, 0.1) is 54.3 Å². The van der Waals surface area contributed by atoms with Crippen molar-refractivity contribution in [2.24, 2.45) is 0 Å². The Morgan fingerprint density at radius 2 is 1.22 bits per heavy atom. The first-order valence-electron chi connectivity index (χ1n) is 8.57. The van der Waals surface area contributed by atoms with Gasteiger partial charge in [-0.05, 0) is 37.1 Å². The molecular weight excluding hydrogens is 475 g/mol. The largest absolute Gasteiger partial charge is 0.300 e. The number of aryl methyl sites for hydroxylation is 2. The summed E-state index contributed by atoms with van der Waals surface area (Å²) in [6, 6.07) is 4.50. The second-order valence-electron chi connectivity index (χ2n) is 6.44. The number of nitro groups is 4. The molecule has 16 heteroatoms. The van der Waals surface area contributed by atoms with E-state index in [-0.39, 0.29) is 20.6 Å². The third-order valence-electron chi connectivity index (χ3n) is 4.26. The number of halogens is 2. The van der Waals surface area contributed by atoms with Crippen LogP contribution in [0.3, 0.4) is 0 Å². The number of hydrogen-bond acceptors (Lipinski definition) is 8. The van der Waals surface area contributed by atoms with Crippen LogP contribution in [0.1, 0.15) is 11.1 Å². The Bertz CT molecular complexity index is 1040. The summed E-state index contributed by atoms with van der Waals surface area (Å²) in [4.78, 5) is 44.4. The molecule has 0 unspecified atom stereocenters. The molecule has 0 saturated heterocycles. The maximum atomic E-state index is 11.7. The maximum absolute atomic E-state index is 11.7. The number of nitrogens with zero attached hydrogens (tertiary/aromatic N) is 6. The minimum atomic E-state index is -1.01. The summed E-state index contributed by atoms with van der Waals surface area (Å²) in [6.07, 6.45) is 0. The molecule has 0 bridgehead atoms. The van der Waals surface area contributed by atoms with E-state index in [0.29, 0.717) is 10.6 Å². The second kappa shape index (κ2) is 9.57. The highest BCUT2D eigenvalue weighted by Crippen LogP contribution is 2.38. The SMILES string of the molecule is Cc1cc(Cl)c(N(CCN(c2c(C)cc(Cl)cc2[N+](=O)[O-])[N+](=O)[O-])[N+](=O)[O-])c([N+](=O)[O-])c1. The summed E-state index contributed by atoms with van der Waals surface area (Å²) < 4.78 is 0. The van der Waals surface area contributed by atoms with Gasteiger partial charge in [0.25, 0.3) is 11.4 Å². The smallest absolute Gasteiger partial charge is 0.258 e. The first-order chi connectivity index (χ1) is 14.8. The molecule has 0 aliphatic rings. The first kappa shape index (κ1) is 24.5. The van der Waals surface area contributed by atoms with Crippen LogP contribution in [0.5, 0.6) is 0 Å². The van der Waals surface area contributed by atoms with E-state index in [1.165, 1.54) is 26.0 Å². The normalized spacial score (nSPS) is 10.5. The predicted octanol–water partition coefficient (Wildman–Crippen LogP) is 4.12. The predicted molar refractivity (Wildman–Crippen MR) is 114 cm³/mol. The van der Waals surface area contributed by atoms with Gasteiger partial charge in [0.05, 0.1) is 14.9 Å². The lowest BCUT2D eigenvalue weighted by atomic mass is 10.1. The molecule has 0 fully saturated rings. The lowest BCUT2D eigenvalue weighted by Gasteiger charge is -2.20. The Hall–Kier alpha value is -3.78. The van der Waals surface area contributed by atoms with Gasteiger partial charge in [-0.3, -0.25) is 20.2 Å². The molecule has 0 radical (unpaired) electrons.